The van der Waals surface area contributed by atoms with E-state index in [1.807, 2.05) is 12.1 Å². The Kier molecular flexibility index (Phi) is 7.98. The number of aromatic carboxylic acids is 1. The number of carbonyl (C=O) groups is 3. The summed E-state index contributed by atoms with van der Waals surface area (Å²) in [5.41, 5.74) is 1.34. The molecular formula is C24H31NO6Si. The lowest BCUT2D eigenvalue weighted by Gasteiger charge is -2.36. The monoisotopic (exact) mass is 457 g/mol. The average molecular weight is 458 g/mol. The first kappa shape index (κ1) is 25.3. The summed E-state index contributed by atoms with van der Waals surface area (Å²) in [6, 6.07) is 12.9. The number of nitrogens with one attached hydrogen (secondary N) is 1. The van der Waals surface area contributed by atoms with Gasteiger partial charge in [-0.15, -0.1) is 0 Å². The molecule has 8 heteroatoms. The summed E-state index contributed by atoms with van der Waals surface area (Å²) in [6.07, 6.45) is 0. The van der Waals surface area contributed by atoms with Gasteiger partial charge in [0, 0.05) is 6.54 Å². The fourth-order valence-corrected chi connectivity index (χ4v) is 3.79. The van der Waals surface area contributed by atoms with Crippen molar-refractivity contribution in [3.05, 3.63) is 70.8 Å². The molecule has 0 saturated heterocycles. The van der Waals surface area contributed by atoms with E-state index < -0.39 is 32.1 Å². The van der Waals surface area contributed by atoms with E-state index in [0.29, 0.717) is 12.2 Å². The first-order chi connectivity index (χ1) is 14.8. The van der Waals surface area contributed by atoms with E-state index in [4.69, 9.17) is 4.43 Å². The Bertz CT molecular complexity index is 979. The zero-order valence-corrected chi connectivity index (χ0v) is 20.1. The summed E-state index contributed by atoms with van der Waals surface area (Å²) in [6.45, 7) is 11.1. The first-order valence-electron chi connectivity index (χ1n) is 10.4. The summed E-state index contributed by atoms with van der Waals surface area (Å²) in [7, 11) is -1.89. The molecule has 0 fully saturated rings. The number of aliphatic carboxylic acids is 1. The van der Waals surface area contributed by atoms with E-state index in [2.05, 4.69) is 39.2 Å². The molecule has 2 rings (SSSR count). The van der Waals surface area contributed by atoms with E-state index in [1.165, 1.54) is 18.2 Å². The van der Waals surface area contributed by atoms with Crippen LogP contribution >= 0.6 is 0 Å². The van der Waals surface area contributed by atoms with Crippen molar-refractivity contribution >= 4 is 26.2 Å². The van der Waals surface area contributed by atoms with Crippen molar-refractivity contribution in [2.75, 3.05) is 6.54 Å². The van der Waals surface area contributed by atoms with Gasteiger partial charge in [-0.2, -0.15) is 0 Å². The van der Waals surface area contributed by atoms with Gasteiger partial charge in [-0.1, -0.05) is 57.2 Å². The SMILES string of the molecule is CC(C)(C)[Si](C)(C)OCc1ccc(C(CNC(=O)c2ccccc2C(=O)O)C(=O)O)cc1. The molecule has 1 atom stereocenters. The molecule has 1 amide bonds. The zero-order valence-electron chi connectivity index (χ0n) is 19.1. The highest BCUT2D eigenvalue weighted by molar-refractivity contribution is 6.74. The number of hydrogen-bond donors (Lipinski definition) is 3. The molecule has 0 aliphatic carbocycles. The van der Waals surface area contributed by atoms with Gasteiger partial charge in [0.15, 0.2) is 8.32 Å². The molecule has 32 heavy (non-hydrogen) atoms. The van der Waals surface area contributed by atoms with E-state index >= 15 is 0 Å². The van der Waals surface area contributed by atoms with Gasteiger partial charge in [-0.25, -0.2) is 4.79 Å². The molecule has 2 aromatic rings. The molecule has 0 heterocycles. The van der Waals surface area contributed by atoms with Crippen LogP contribution in [0.3, 0.4) is 0 Å². The van der Waals surface area contributed by atoms with Crippen LogP contribution in [-0.2, 0) is 15.8 Å². The molecule has 0 saturated carbocycles. The van der Waals surface area contributed by atoms with Gasteiger partial charge in [0.05, 0.1) is 23.7 Å². The third kappa shape index (κ3) is 6.27. The largest absolute Gasteiger partial charge is 0.481 e. The molecule has 2 aromatic carbocycles. The Morgan fingerprint density at radius 2 is 1.53 bits per heavy atom. The predicted octanol–water partition coefficient (Wildman–Crippen LogP) is 4.50. The van der Waals surface area contributed by atoms with Crippen LogP contribution in [0, 0.1) is 0 Å². The predicted molar refractivity (Wildman–Crippen MR) is 125 cm³/mol. The van der Waals surface area contributed by atoms with Gasteiger partial charge in [0.2, 0.25) is 0 Å². The molecule has 1 unspecified atom stereocenters. The number of rotatable bonds is 9. The Balaban J connectivity index is 2.08. The number of carbonyl (C=O) groups excluding carboxylic acids is 1. The highest BCUT2D eigenvalue weighted by Crippen LogP contribution is 2.37. The maximum absolute atomic E-state index is 12.5. The smallest absolute Gasteiger partial charge is 0.336 e. The van der Waals surface area contributed by atoms with Crippen LogP contribution in [0.5, 0.6) is 0 Å². The van der Waals surface area contributed by atoms with Gasteiger partial charge in [-0.05, 0) is 41.4 Å². The summed E-state index contributed by atoms with van der Waals surface area (Å²) in [4.78, 5) is 35.6. The minimum atomic E-state index is -1.89. The van der Waals surface area contributed by atoms with Gasteiger partial charge < -0.3 is 20.0 Å². The van der Waals surface area contributed by atoms with Crippen molar-refractivity contribution in [1.82, 2.24) is 5.32 Å². The van der Waals surface area contributed by atoms with Crippen LogP contribution in [0.4, 0.5) is 0 Å². The van der Waals surface area contributed by atoms with Crippen molar-refractivity contribution in [2.45, 2.75) is 51.4 Å². The van der Waals surface area contributed by atoms with Crippen LogP contribution in [-0.4, -0.2) is 42.9 Å². The minimum absolute atomic E-state index is 0.0118. The average Bonchev–Trinajstić information content (AvgIpc) is 2.72. The number of benzene rings is 2. The van der Waals surface area contributed by atoms with Gasteiger partial charge >= 0.3 is 11.9 Å². The molecule has 0 radical (unpaired) electrons. The molecule has 3 N–H and O–H groups in total. The topological polar surface area (TPSA) is 113 Å². The third-order valence-electron chi connectivity index (χ3n) is 5.95. The van der Waals surface area contributed by atoms with Gasteiger partial charge in [0.25, 0.3) is 5.91 Å². The van der Waals surface area contributed by atoms with Crippen LogP contribution in [0.1, 0.15) is 58.5 Å². The van der Waals surface area contributed by atoms with Crippen LogP contribution in [0.25, 0.3) is 0 Å². The lowest BCUT2D eigenvalue weighted by atomic mass is 9.97. The first-order valence-corrected chi connectivity index (χ1v) is 13.3. The summed E-state index contributed by atoms with van der Waals surface area (Å²) < 4.78 is 6.20. The van der Waals surface area contributed by atoms with E-state index in [0.717, 1.165) is 5.56 Å². The van der Waals surface area contributed by atoms with Crippen molar-refractivity contribution in [1.29, 1.82) is 0 Å². The Morgan fingerprint density at radius 1 is 0.969 bits per heavy atom. The lowest BCUT2D eigenvalue weighted by molar-refractivity contribution is -0.138. The number of hydrogen-bond acceptors (Lipinski definition) is 4. The fourth-order valence-electron chi connectivity index (χ4n) is 2.83. The second kappa shape index (κ2) is 10.1. The lowest BCUT2D eigenvalue weighted by Crippen LogP contribution is -2.40. The molecule has 7 nitrogen and oxygen atoms in total. The Morgan fingerprint density at radius 3 is 2.03 bits per heavy atom. The third-order valence-corrected chi connectivity index (χ3v) is 10.4. The second-order valence-corrected chi connectivity index (χ2v) is 14.1. The van der Waals surface area contributed by atoms with Gasteiger partial charge in [-0.3, -0.25) is 9.59 Å². The number of amides is 1. The number of carboxylic acids is 2. The minimum Gasteiger partial charge on any atom is -0.481 e. The van der Waals surface area contributed by atoms with E-state index in [1.54, 1.807) is 18.2 Å². The molecule has 0 aliphatic rings. The molecule has 0 aromatic heterocycles. The highest BCUT2D eigenvalue weighted by atomic mass is 28.4. The number of carboxylic acid groups (broad SMARTS) is 2. The fraction of sp³-hybridized carbons (Fsp3) is 0.375. The second-order valence-electron chi connectivity index (χ2n) is 9.24. The summed E-state index contributed by atoms with van der Waals surface area (Å²) >= 11 is 0. The summed E-state index contributed by atoms with van der Waals surface area (Å²) in [5, 5.41) is 21.5. The molecule has 0 bridgehead atoms. The molecular weight excluding hydrogens is 426 g/mol. The van der Waals surface area contributed by atoms with Crippen molar-refractivity contribution < 1.29 is 29.0 Å². The highest BCUT2D eigenvalue weighted by Gasteiger charge is 2.37. The van der Waals surface area contributed by atoms with E-state index in [-0.39, 0.29) is 22.7 Å². The molecule has 0 aliphatic heterocycles. The zero-order chi connectivity index (χ0) is 24.1. The quantitative estimate of drug-likeness (QED) is 0.478. The maximum atomic E-state index is 12.5. The maximum Gasteiger partial charge on any atom is 0.336 e. The van der Waals surface area contributed by atoms with Crippen LogP contribution < -0.4 is 5.32 Å². The molecule has 172 valence electrons. The summed E-state index contributed by atoms with van der Waals surface area (Å²) in [5.74, 6) is -3.90. The van der Waals surface area contributed by atoms with Crippen LogP contribution in [0.2, 0.25) is 18.1 Å². The molecule has 0 spiro atoms. The van der Waals surface area contributed by atoms with Crippen molar-refractivity contribution in [2.24, 2.45) is 0 Å². The van der Waals surface area contributed by atoms with Crippen LogP contribution in [0.15, 0.2) is 48.5 Å². The van der Waals surface area contributed by atoms with Gasteiger partial charge in [0.1, 0.15) is 0 Å². The standard InChI is InChI=1S/C24H31NO6Si/c1-24(2,3)32(4,5)31-15-16-10-12-17(13-11-16)20(23(29)30)14-25-21(26)18-8-6-7-9-19(18)22(27)28/h6-13,20H,14-15H2,1-5H3,(H,25,26)(H,27,28)(H,29,30). The Hall–Kier alpha value is -2.97. The van der Waals surface area contributed by atoms with Crippen molar-refractivity contribution in [3.8, 4) is 0 Å². The Labute approximate surface area is 189 Å². The normalized spacial score (nSPS) is 12.8. The van der Waals surface area contributed by atoms with E-state index in [9.17, 15) is 24.6 Å². The van der Waals surface area contributed by atoms with Crippen molar-refractivity contribution in [3.63, 3.8) is 0 Å².